The molecule has 1 nitrogen and oxygen atoms in total. The Morgan fingerprint density at radius 2 is 1.75 bits per heavy atom. The van der Waals surface area contributed by atoms with Gasteiger partial charge in [-0.25, -0.2) is 0 Å². The SMILES string of the molecule is Cc1ccc(CNCc2ccccc2)s1.[Cl-]. The fraction of sp³-hybridized carbons (Fsp3) is 0.231. The molecule has 1 N–H and O–H groups in total. The second-order valence-electron chi connectivity index (χ2n) is 3.60. The molecule has 0 saturated carbocycles. The van der Waals surface area contributed by atoms with Crippen LogP contribution in [0.2, 0.25) is 0 Å². The third kappa shape index (κ3) is 3.97. The highest BCUT2D eigenvalue weighted by Gasteiger charge is 1.96. The van der Waals surface area contributed by atoms with Gasteiger partial charge in [-0.2, -0.15) is 0 Å². The molecule has 0 radical (unpaired) electrons. The molecule has 0 aliphatic rings. The van der Waals surface area contributed by atoms with Crippen LogP contribution in [0.15, 0.2) is 42.5 Å². The first-order chi connectivity index (χ1) is 7.34. The van der Waals surface area contributed by atoms with Crippen molar-refractivity contribution >= 4 is 11.3 Å². The Morgan fingerprint density at radius 1 is 1.00 bits per heavy atom. The van der Waals surface area contributed by atoms with Crippen LogP contribution in [0, 0.1) is 6.92 Å². The molecular weight excluding hydrogens is 238 g/mol. The van der Waals surface area contributed by atoms with Gasteiger partial charge in [0, 0.05) is 22.8 Å². The van der Waals surface area contributed by atoms with Crippen LogP contribution in [0.3, 0.4) is 0 Å². The van der Waals surface area contributed by atoms with Crippen LogP contribution < -0.4 is 17.7 Å². The van der Waals surface area contributed by atoms with Crippen molar-refractivity contribution in [2.75, 3.05) is 0 Å². The molecule has 86 valence electrons. The van der Waals surface area contributed by atoms with Crippen molar-refractivity contribution < 1.29 is 12.4 Å². The van der Waals surface area contributed by atoms with Crippen LogP contribution in [0.5, 0.6) is 0 Å². The summed E-state index contributed by atoms with van der Waals surface area (Å²) < 4.78 is 0. The molecule has 0 spiro atoms. The summed E-state index contributed by atoms with van der Waals surface area (Å²) in [7, 11) is 0. The number of halogens is 1. The van der Waals surface area contributed by atoms with E-state index in [1.807, 2.05) is 17.4 Å². The number of aryl methyl sites for hydroxylation is 1. The molecule has 0 atom stereocenters. The largest absolute Gasteiger partial charge is 1.00 e. The van der Waals surface area contributed by atoms with E-state index in [2.05, 4.69) is 48.6 Å². The van der Waals surface area contributed by atoms with Gasteiger partial charge in [-0.1, -0.05) is 30.3 Å². The molecule has 0 bridgehead atoms. The van der Waals surface area contributed by atoms with Crippen molar-refractivity contribution in [1.82, 2.24) is 5.32 Å². The van der Waals surface area contributed by atoms with Crippen molar-refractivity contribution in [2.24, 2.45) is 0 Å². The smallest absolute Gasteiger partial charge is 0.0303 e. The number of rotatable bonds is 4. The fourth-order valence-corrected chi connectivity index (χ4v) is 2.37. The van der Waals surface area contributed by atoms with Crippen molar-refractivity contribution in [3.8, 4) is 0 Å². The molecule has 2 aromatic rings. The van der Waals surface area contributed by atoms with Crippen molar-refractivity contribution in [3.05, 3.63) is 57.8 Å². The first-order valence-corrected chi connectivity index (χ1v) is 5.96. The molecule has 0 fully saturated rings. The molecule has 2 rings (SSSR count). The molecule has 0 saturated heterocycles. The summed E-state index contributed by atoms with van der Waals surface area (Å²) >= 11 is 1.86. The first-order valence-electron chi connectivity index (χ1n) is 5.14. The summed E-state index contributed by atoms with van der Waals surface area (Å²) in [5.74, 6) is 0. The van der Waals surface area contributed by atoms with Gasteiger partial charge >= 0.3 is 0 Å². The van der Waals surface area contributed by atoms with Gasteiger partial charge in [-0.05, 0) is 24.6 Å². The minimum atomic E-state index is 0. The summed E-state index contributed by atoms with van der Waals surface area (Å²) in [5, 5.41) is 3.44. The zero-order chi connectivity index (χ0) is 10.5. The number of hydrogen-bond donors (Lipinski definition) is 1. The minimum absolute atomic E-state index is 0. The van der Waals surface area contributed by atoms with Crippen LogP contribution in [-0.4, -0.2) is 0 Å². The Labute approximate surface area is 107 Å². The van der Waals surface area contributed by atoms with Gasteiger partial charge in [0.2, 0.25) is 0 Å². The van der Waals surface area contributed by atoms with Gasteiger partial charge in [-0.3, -0.25) is 0 Å². The maximum atomic E-state index is 3.44. The molecule has 16 heavy (non-hydrogen) atoms. The van der Waals surface area contributed by atoms with Gasteiger partial charge in [0.25, 0.3) is 0 Å². The van der Waals surface area contributed by atoms with Crippen molar-refractivity contribution in [2.45, 2.75) is 20.0 Å². The Kier molecular flexibility index (Phi) is 5.53. The Hall–Kier alpha value is -0.830. The fourth-order valence-electron chi connectivity index (χ4n) is 1.51. The average molecular weight is 253 g/mol. The van der Waals surface area contributed by atoms with Gasteiger partial charge in [-0.15, -0.1) is 11.3 Å². The molecule has 0 aliphatic carbocycles. The van der Waals surface area contributed by atoms with E-state index in [4.69, 9.17) is 0 Å². The summed E-state index contributed by atoms with van der Waals surface area (Å²) in [6.45, 7) is 4.05. The predicted octanol–water partition coefficient (Wildman–Crippen LogP) is 0.350. The second kappa shape index (κ2) is 6.69. The maximum absolute atomic E-state index is 3.44. The van der Waals surface area contributed by atoms with Crippen LogP contribution >= 0.6 is 11.3 Å². The third-order valence-electron chi connectivity index (χ3n) is 2.27. The third-order valence-corrected chi connectivity index (χ3v) is 3.27. The highest BCUT2D eigenvalue weighted by Crippen LogP contribution is 2.14. The lowest BCUT2D eigenvalue weighted by Gasteiger charge is -2.02. The predicted molar refractivity (Wildman–Crippen MR) is 66.0 cm³/mol. The van der Waals surface area contributed by atoms with E-state index in [9.17, 15) is 0 Å². The molecule has 1 aromatic heterocycles. The topological polar surface area (TPSA) is 12.0 Å². The van der Waals surface area contributed by atoms with Gasteiger partial charge < -0.3 is 17.7 Å². The lowest BCUT2D eigenvalue weighted by molar-refractivity contribution is -0.00000304. The zero-order valence-corrected chi connectivity index (χ0v) is 10.8. The normalized spacial score (nSPS) is 9.81. The van der Waals surface area contributed by atoms with E-state index < -0.39 is 0 Å². The monoisotopic (exact) mass is 252 g/mol. The average Bonchev–Trinajstić information content (AvgIpc) is 2.66. The Balaban J connectivity index is 0.00000128. The van der Waals surface area contributed by atoms with E-state index in [1.165, 1.54) is 15.3 Å². The maximum Gasteiger partial charge on any atom is 0.0303 e. The first kappa shape index (κ1) is 13.2. The molecule has 0 unspecified atom stereocenters. The molecule has 1 heterocycles. The second-order valence-corrected chi connectivity index (χ2v) is 4.97. The van der Waals surface area contributed by atoms with Gasteiger partial charge in [0.15, 0.2) is 0 Å². The van der Waals surface area contributed by atoms with Crippen molar-refractivity contribution in [1.29, 1.82) is 0 Å². The van der Waals surface area contributed by atoms with Gasteiger partial charge in [0.1, 0.15) is 0 Å². The number of hydrogen-bond acceptors (Lipinski definition) is 2. The highest BCUT2D eigenvalue weighted by atomic mass is 35.5. The van der Waals surface area contributed by atoms with Crippen LogP contribution in [-0.2, 0) is 13.1 Å². The Bertz CT molecular complexity index is 411. The molecule has 1 aromatic carbocycles. The highest BCUT2D eigenvalue weighted by molar-refractivity contribution is 7.11. The quantitative estimate of drug-likeness (QED) is 0.828. The number of benzene rings is 1. The summed E-state index contributed by atoms with van der Waals surface area (Å²) in [4.78, 5) is 2.79. The van der Waals surface area contributed by atoms with E-state index in [0.29, 0.717) is 0 Å². The number of nitrogens with one attached hydrogen (secondary N) is 1. The summed E-state index contributed by atoms with van der Waals surface area (Å²) in [5.41, 5.74) is 1.34. The van der Waals surface area contributed by atoms with E-state index in [0.717, 1.165) is 13.1 Å². The zero-order valence-electron chi connectivity index (χ0n) is 9.24. The summed E-state index contributed by atoms with van der Waals surface area (Å²) in [6.07, 6.45) is 0. The van der Waals surface area contributed by atoms with Crippen LogP contribution in [0.25, 0.3) is 0 Å². The molecule has 0 aliphatic heterocycles. The lowest BCUT2D eigenvalue weighted by atomic mass is 10.2. The van der Waals surface area contributed by atoms with Crippen molar-refractivity contribution in [3.63, 3.8) is 0 Å². The lowest BCUT2D eigenvalue weighted by Crippen LogP contribution is -3.00. The van der Waals surface area contributed by atoms with E-state index >= 15 is 0 Å². The van der Waals surface area contributed by atoms with E-state index in [1.54, 1.807) is 0 Å². The molecule has 0 amide bonds. The number of thiophene rings is 1. The van der Waals surface area contributed by atoms with Crippen LogP contribution in [0.1, 0.15) is 15.3 Å². The van der Waals surface area contributed by atoms with Gasteiger partial charge in [0.05, 0.1) is 0 Å². The summed E-state index contributed by atoms with van der Waals surface area (Å²) in [6, 6.07) is 14.9. The minimum Gasteiger partial charge on any atom is -1.00 e. The molecular formula is C13H15ClNS-. The van der Waals surface area contributed by atoms with E-state index in [-0.39, 0.29) is 12.4 Å². The molecule has 3 heteroatoms. The standard InChI is InChI=1S/C13H15NS.ClH/c1-11-7-8-13(15-11)10-14-9-12-5-3-2-4-6-12;/h2-8,14H,9-10H2,1H3;1H/p-1. The van der Waals surface area contributed by atoms with Crippen LogP contribution in [0.4, 0.5) is 0 Å². The Morgan fingerprint density at radius 3 is 2.38 bits per heavy atom.